The number of sulfonamides is 1. The van der Waals surface area contributed by atoms with Crippen molar-refractivity contribution in [3.8, 4) is 0 Å². The maximum Gasteiger partial charge on any atom is 0.263 e. The summed E-state index contributed by atoms with van der Waals surface area (Å²) in [4.78, 5) is 3.78. The SMILES string of the molecule is COCCn1cc(NS(=O)(=O)c2ccc(Cl)nc2)cn1. The third-order valence-corrected chi connectivity index (χ3v) is 4.01. The smallest absolute Gasteiger partial charge is 0.263 e. The molecule has 7 nitrogen and oxygen atoms in total. The number of nitrogens with one attached hydrogen (secondary N) is 1. The number of hydrogen-bond acceptors (Lipinski definition) is 5. The van der Waals surface area contributed by atoms with Crippen LogP contribution in [0.15, 0.2) is 35.6 Å². The van der Waals surface area contributed by atoms with Gasteiger partial charge < -0.3 is 4.74 Å². The molecule has 0 radical (unpaired) electrons. The van der Waals surface area contributed by atoms with Gasteiger partial charge in [-0.1, -0.05) is 11.6 Å². The van der Waals surface area contributed by atoms with Gasteiger partial charge in [0.2, 0.25) is 0 Å². The molecule has 0 amide bonds. The van der Waals surface area contributed by atoms with Crippen molar-refractivity contribution in [1.82, 2.24) is 14.8 Å². The molecule has 108 valence electrons. The van der Waals surface area contributed by atoms with Crippen LogP contribution < -0.4 is 4.72 Å². The molecule has 2 aromatic rings. The highest BCUT2D eigenvalue weighted by atomic mass is 35.5. The van der Waals surface area contributed by atoms with E-state index in [-0.39, 0.29) is 10.0 Å². The number of ether oxygens (including phenoxy) is 1. The molecule has 0 aromatic carbocycles. The molecule has 2 heterocycles. The minimum absolute atomic E-state index is 0.0338. The van der Waals surface area contributed by atoms with Crippen LogP contribution in [0, 0.1) is 0 Å². The minimum Gasteiger partial charge on any atom is -0.383 e. The van der Waals surface area contributed by atoms with Crippen molar-refractivity contribution in [3.05, 3.63) is 35.9 Å². The van der Waals surface area contributed by atoms with E-state index >= 15 is 0 Å². The van der Waals surface area contributed by atoms with Gasteiger partial charge in [-0.2, -0.15) is 5.10 Å². The molecule has 20 heavy (non-hydrogen) atoms. The molecule has 0 saturated carbocycles. The summed E-state index contributed by atoms with van der Waals surface area (Å²) in [6.45, 7) is 1.04. The molecule has 0 saturated heterocycles. The van der Waals surface area contributed by atoms with E-state index in [9.17, 15) is 8.42 Å². The second-order valence-electron chi connectivity index (χ2n) is 3.91. The zero-order valence-electron chi connectivity index (χ0n) is 10.7. The average molecular weight is 317 g/mol. The summed E-state index contributed by atoms with van der Waals surface area (Å²) in [5, 5.41) is 4.25. The number of aromatic nitrogens is 3. The highest BCUT2D eigenvalue weighted by molar-refractivity contribution is 7.92. The summed E-state index contributed by atoms with van der Waals surface area (Å²) in [6, 6.07) is 2.80. The van der Waals surface area contributed by atoms with Crippen molar-refractivity contribution in [3.63, 3.8) is 0 Å². The quantitative estimate of drug-likeness (QED) is 0.814. The Morgan fingerprint density at radius 3 is 2.85 bits per heavy atom. The highest BCUT2D eigenvalue weighted by Gasteiger charge is 2.15. The van der Waals surface area contributed by atoms with Crippen molar-refractivity contribution < 1.29 is 13.2 Å². The van der Waals surface area contributed by atoms with Crippen LogP contribution in [0.4, 0.5) is 5.69 Å². The van der Waals surface area contributed by atoms with E-state index in [2.05, 4.69) is 14.8 Å². The molecular weight excluding hydrogens is 304 g/mol. The van der Waals surface area contributed by atoms with Crippen LogP contribution in [-0.4, -0.2) is 36.9 Å². The first kappa shape index (κ1) is 14.8. The van der Waals surface area contributed by atoms with Crippen LogP contribution in [-0.2, 0) is 21.3 Å². The van der Waals surface area contributed by atoms with Crippen LogP contribution in [0.2, 0.25) is 5.15 Å². The monoisotopic (exact) mass is 316 g/mol. The number of halogens is 1. The van der Waals surface area contributed by atoms with Crippen molar-refractivity contribution in [2.75, 3.05) is 18.4 Å². The molecule has 0 aliphatic carbocycles. The second-order valence-corrected chi connectivity index (χ2v) is 5.98. The van der Waals surface area contributed by atoms with Crippen LogP contribution in [0.1, 0.15) is 0 Å². The zero-order valence-corrected chi connectivity index (χ0v) is 12.2. The topological polar surface area (TPSA) is 86.1 Å². The standard InChI is InChI=1S/C11H13ClN4O3S/c1-19-5-4-16-8-9(6-14-16)15-20(17,18)10-2-3-11(12)13-7-10/h2-3,6-8,15H,4-5H2,1H3. The number of pyridine rings is 1. The molecule has 0 fully saturated rings. The van der Waals surface area contributed by atoms with Gasteiger partial charge in [0.1, 0.15) is 10.0 Å². The Bertz CT molecular complexity index is 669. The van der Waals surface area contributed by atoms with E-state index < -0.39 is 10.0 Å². The Morgan fingerprint density at radius 2 is 2.20 bits per heavy atom. The predicted octanol–water partition coefficient (Wildman–Crippen LogP) is 1.38. The molecule has 0 atom stereocenters. The average Bonchev–Trinajstić information content (AvgIpc) is 2.83. The molecule has 2 rings (SSSR count). The fraction of sp³-hybridized carbons (Fsp3) is 0.273. The first-order valence-corrected chi connectivity index (χ1v) is 7.53. The summed E-state index contributed by atoms with van der Waals surface area (Å²) in [7, 11) is -2.11. The lowest BCUT2D eigenvalue weighted by atomic mass is 10.5. The second kappa shape index (κ2) is 6.21. The molecule has 0 aliphatic rings. The minimum atomic E-state index is -3.69. The van der Waals surface area contributed by atoms with Gasteiger partial charge in [-0.15, -0.1) is 0 Å². The Morgan fingerprint density at radius 1 is 1.40 bits per heavy atom. The molecular formula is C11H13ClN4O3S. The zero-order chi connectivity index (χ0) is 14.6. The van der Waals surface area contributed by atoms with Gasteiger partial charge in [-0.25, -0.2) is 13.4 Å². The Balaban J connectivity index is 2.12. The van der Waals surface area contributed by atoms with Crippen molar-refractivity contribution in [2.45, 2.75) is 11.4 Å². The van der Waals surface area contributed by atoms with Gasteiger partial charge in [0.05, 0.1) is 25.0 Å². The molecule has 0 aliphatic heterocycles. The Hall–Kier alpha value is -1.64. The lowest BCUT2D eigenvalue weighted by Gasteiger charge is -2.05. The van der Waals surface area contributed by atoms with E-state index in [4.69, 9.17) is 16.3 Å². The lowest BCUT2D eigenvalue weighted by Crippen LogP contribution is -2.12. The Labute approximate surface area is 121 Å². The van der Waals surface area contributed by atoms with Crippen LogP contribution >= 0.6 is 11.6 Å². The summed E-state index contributed by atoms with van der Waals surface area (Å²) < 4.78 is 33.1. The van der Waals surface area contributed by atoms with Crippen LogP contribution in [0.25, 0.3) is 0 Å². The normalized spacial score (nSPS) is 11.5. The summed E-state index contributed by atoms with van der Waals surface area (Å²) in [5.41, 5.74) is 0.371. The Kier molecular flexibility index (Phi) is 4.58. The number of hydrogen-bond donors (Lipinski definition) is 1. The fourth-order valence-corrected chi connectivity index (χ4v) is 2.54. The van der Waals surface area contributed by atoms with Gasteiger partial charge in [0.15, 0.2) is 0 Å². The third kappa shape index (κ3) is 3.69. The first-order valence-electron chi connectivity index (χ1n) is 5.67. The summed E-state index contributed by atoms with van der Waals surface area (Å²) in [5.74, 6) is 0. The number of methoxy groups -OCH3 is 1. The van der Waals surface area contributed by atoms with Crippen LogP contribution in [0.5, 0.6) is 0 Å². The predicted molar refractivity (Wildman–Crippen MR) is 74.2 cm³/mol. The summed E-state index contributed by atoms with van der Waals surface area (Å²) in [6.07, 6.45) is 4.20. The van der Waals surface area contributed by atoms with E-state index in [0.717, 1.165) is 0 Å². The van der Waals surface area contributed by atoms with Crippen molar-refractivity contribution in [2.24, 2.45) is 0 Å². The van der Waals surface area contributed by atoms with E-state index in [1.54, 1.807) is 18.0 Å². The van der Waals surface area contributed by atoms with Gasteiger partial charge in [0, 0.05) is 19.5 Å². The fourth-order valence-electron chi connectivity index (χ4n) is 1.46. The maximum atomic E-state index is 12.1. The third-order valence-electron chi connectivity index (χ3n) is 2.42. The lowest BCUT2D eigenvalue weighted by molar-refractivity contribution is 0.183. The molecule has 0 unspecified atom stereocenters. The molecule has 9 heteroatoms. The number of nitrogens with zero attached hydrogens (tertiary/aromatic N) is 3. The highest BCUT2D eigenvalue weighted by Crippen LogP contribution is 2.15. The molecule has 1 N–H and O–H groups in total. The van der Waals surface area contributed by atoms with E-state index in [1.807, 2.05) is 0 Å². The van der Waals surface area contributed by atoms with Crippen molar-refractivity contribution >= 4 is 27.3 Å². The van der Waals surface area contributed by atoms with Gasteiger partial charge in [0.25, 0.3) is 10.0 Å². The van der Waals surface area contributed by atoms with Gasteiger partial charge >= 0.3 is 0 Å². The number of anilines is 1. The van der Waals surface area contributed by atoms with E-state index in [1.165, 1.54) is 24.5 Å². The molecule has 0 spiro atoms. The summed E-state index contributed by atoms with van der Waals surface area (Å²) >= 11 is 5.62. The van der Waals surface area contributed by atoms with Crippen LogP contribution in [0.3, 0.4) is 0 Å². The van der Waals surface area contributed by atoms with E-state index in [0.29, 0.717) is 18.8 Å². The van der Waals surface area contributed by atoms with Gasteiger partial charge in [-0.05, 0) is 12.1 Å². The maximum absolute atomic E-state index is 12.1. The van der Waals surface area contributed by atoms with Crippen molar-refractivity contribution in [1.29, 1.82) is 0 Å². The molecule has 0 bridgehead atoms. The van der Waals surface area contributed by atoms with Gasteiger partial charge in [-0.3, -0.25) is 9.40 Å². The molecule has 2 aromatic heterocycles. The largest absolute Gasteiger partial charge is 0.383 e. The first-order chi connectivity index (χ1) is 9.51. The number of rotatable bonds is 6.